The standard InChI is InChI=1S/C17H29N3O/c1-5-8-13-20(14(4)7-3)17(21)15-10-9-12-19-16(15)18-11-6-2/h9-10,12,14H,5-8,11,13H2,1-4H3,(H,18,19). The Morgan fingerprint density at radius 2 is 2.10 bits per heavy atom. The summed E-state index contributed by atoms with van der Waals surface area (Å²) in [5.41, 5.74) is 0.683. The van der Waals surface area contributed by atoms with Crippen LogP contribution in [0.1, 0.15) is 63.7 Å². The highest BCUT2D eigenvalue weighted by Gasteiger charge is 2.22. The van der Waals surface area contributed by atoms with Gasteiger partial charge in [-0.3, -0.25) is 4.79 Å². The number of unbranched alkanes of at least 4 members (excludes halogenated alkanes) is 1. The van der Waals surface area contributed by atoms with Crippen molar-refractivity contribution in [1.29, 1.82) is 0 Å². The summed E-state index contributed by atoms with van der Waals surface area (Å²) in [4.78, 5) is 19.2. The lowest BCUT2D eigenvalue weighted by Crippen LogP contribution is -2.39. The predicted molar refractivity (Wildman–Crippen MR) is 88.7 cm³/mol. The van der Waals surface area contributed by atoms with E-state index in [0.717, 1.165) is 38.8 Å². The molecule has 1 amide bonds. The van der Waals surface area contributed by atoms with Gasteiger partial charge in [0, 0.05) is 25.3 Å². The Morgan fingerprint density at radius 1 is 1.33 bits per heavy atom. The molecule has 0 fully saturated rings. The Hall–Kier alpha value is -1.58. The van der Waals surface area contributed by atoms with E-state index in [1.54, 1.807) is 6.20 Å². The lowest BCUT2D eigenvalue weighted by atomic mass is 10.1. The summed E-state index contributed by atoms with van der Waals surface area (Å²) in [5.74, 6) is 0.790. The van der Waals surface area contributed by atoms with Gasteiger partial charge in [-0.1, -0.05) is 27.2 Å². The van der Waals surface area contributed by atoms with Gasteiger partial charge in [-0.15, -0.1) is 0 Å². The first-order chi connectivity index (χ1) is 10.2. The predicted octanol–water partition coefficient (Wildman–Crippen LogP) is 3.94. The number of anilines is 1. The highest BCUT2D eigenvalue weighted by atomic mass is 16.2. The summed E-state index contributed by atoms with van der Waals surface area (Å²) >= 11 is 0. The smallest absolute Gasteiger partial charge is 0.257 e. The van der Waals surface area contributed by atoms with Gasteiger partial charge < -0.3 is 10.2 Å². The molecule has 1 atom stereocenters. The van der Waals surface area contributed by atoms with E-state index in [0.29, 0.717) is 11.4 Å². The van der Waals surface area contributed by atoms with Gasteiger partial charge in [-0.25, -0.2) is 4.98 Å². The van der Waals surface area contributed by atoms with Crippen molar-refractivity contribution in [2.24, 2.45) is 0 Å². The van der Waals surface area contributed by atoms with Gasteiger partial charge >= 0.3 is 0 Å². The van der Waals surface area contributed by atoms with Gasteiger partial charge in [0.05, 0.1) is 5.56 Å². The summed E-state index contributed by atoms with van der Waals surface area (Å²) in [6.45, 7) is 10.1. The third-order valence-corrected chi connectivity index (χ3v) is 3.72. The fourth-order valence-corrected chi connectivity index (χ4v) is 2.19. The minimum Gasteiger partial charge on any atom is -0.369 e. The van der Waals surface area contributed by atoms with E-state index in [1.807, 2.05) is 17.0 Å². The van der Waals surface area contributed by atoms with Crippen molar-refractivity contribution >= 4 is 11.7 Å². The van der Waals surface area contributed by atoms with Gasteiger partial charge in [0.25, 0.3) is 5.91 Å². The molecule has 118 valence electrons. The first-order valence-corrected chi connectivity index (χ1v) is 8.15. The number of pyridine rings is 1. The van der Waals surface area contributed by atoms with Gasteiger partial charge in [-0.05, 0) is 38.3 Å². The molecule has 1 unspecified atom stereocenters. The van der Waals surface area contributed by atoms with Crippen molar-refractivity contribution < 1.29 is 4.79 Å². The number of nitrogens with zero attached hydrogens (tertiary/aromatic N) is 2. The molecule has 0 aliphatic rings. The maximum atomic E-state index is 12.9. The number of carbonyl (C=O) groups is 1. The van der Waals surface area contributed by atoms with Crippen LogP contribution in [0.4, 0.5) is 5.82 Å². The first kappa shape index (κ1) is 17.5. The largest absolute Gasteiger partial charge is 0.369 e. The van der Waals surface area contributed by atoms with Crippen LogP contribution in [0.5, 0.6) is 0 Å². The number of hydrogen-bond acceptors (Lipinski definition) is 3. The van der Waals surface area contributed by atoms with Crippen LogP contribution in [0.3, 0.4) is 0 Å². The third-order valence-electron chi connectivity index (χ3n) is 3.72. The number of amides is 1. The lowest BCUT2D eigenvalue weighted by Gasteiger charge is -2.29. The highest BCUT2D eigenvalue weighted by Crippen LogP contribution is 2.17. The Kier molecular flexibility index (Phi) is 7.80. The number of rotatable bonds is 9. The van der Waals surface area contributed by atoms with E-state index < -0.39 is 0 Å². The molecule has 0 spiro atoms. The molecule has 4 heteroatoms. The topological polar surface area (TPSA) is 45.2 Å². The maximum absolute atomic E-state index is 12.9. The molecule has 1 rings (SSSR count). The van der Waals surface area contributed by atoms with E-state index in [9.17, 15) is 4.79 Å². The minimum absolute atomic E-state index is 0.0875. The fraction of sp³-hybridized carbons (Fsp3) is 0.647. The maximum Gasteiger partial charge on any atom is 0.257 e. The molecule has 1 N–H and O–H groups in total. The second-order valence-corrected chi connectivity index (χ2v) is 5.44. The SMILES string of the molecule is CCCCN(C(=O)c1cccnc1NCCC)C(C)CC. The molecule has 4 nitrogen and oxygen atoms in total. The molecule has 0 aromatic carbocycles. The minimum atomic E-state index is 0.0875. The second-order valence-electron chi connectivity index (χ2n) is 5.44. The van der Waals surface area contributed by atoms with Crippen molar-refractivity contribution in [3.05, 3.63) is 23.9 Å². The quantitative estimate of drug-likeness (QED) is 0.749. The molecule has 0 bridgehead atoms. The van der Waals surface area contributed by atoms with Crippen molar-refractivity contribution in [2.45, 2.75) is 59.4 Å². The van der Waals surface area contributed by atoms with Crippen LogP contribution in [-0.4, -0.2) is 34.9 Å². The van der Waals surface area contributed by atoms with Gasteiger partial charge in [0.15, 0.2) is 0 Å². The highest BCUT2D eigenvalue weighted by molar-refractivity contribution is 5.98. The summed E-state index contributed by atoms with van der Waals surface area (Å²) in [7, 11) is 0. The number of nitrogens with one attached hydrogen (secondary N) is 1. The van der Waals surface area contributed by atoms with E-state index in [-0.39, 0.29) is 11.9 Å². The molecule has 0 aliphatic carbocycles. The van der Waals surface area contributed by atoms with Crippen LogP contribution in [-0.2, 0) is 0 Å². The van der Waals surface area contributed by atoms with Crippen LogP contribution in [0.2, 0.25) is 0 Å². The van der Waals surface area contributed by atoms with Gasteiger partial charge in [-0.2, -0.15) is 0 Å². The summed E-state index contributed by atoms with van der Waals surface area (Å²) < 4.78 is 0. The first-order valence-electron chi connectivity index (χ1n) is 8.15. The molecule has 0 saturated heterocycles. The van der Waals surface area contributed by atoms with Gasteiger partial charge in [0.2, 0.25) is 0 Å². The van der Waals surface area contributed by atoms with E-state index in [2.05, 4.69) is 38.0 Å². The Labute approximate surface area is 129 Å². The zero-order valence-electron chi connectivity index (χ0n) is 13.9. The van der Waals surface area contributed by atoms with Crippen molar-refractivity contribution in [3.63, 3.8) is 0 Å². The van der Waals surface area contributed by atoms with Crippen molar-refractivity contribution in [1.82, 2.24) is 9.88 Å². The molecule has 1 aromatic rings. The second kappa shape index (κ2) is 9.37. The van der Waals surface area contributed by atoms with Crippen LogP contribution in [0.25, 0.3) is 0 Å². The zero-order chi connectivity index (χ0) is 15.7. The number of aromatic nitrogens is 1. The van der Waals surface area contributed by atoms with Gasteiger partial charge in [0.1, 0.15) is 5.82 Å². The average Bonchev–Trinajstić information content (AvgIpc) is 2.52. The lowest BCUT2D eigenvalue weighted by molar-refractivity contribution is 0.0686. The number of carbonyl (C=O) groups excluding carboxylic acids is 1. The van der Waals surface area contributed by atoms with Crippen LogP contribution in [0, 0.1) is 0 Å². The van der Waals surface area contributed by atoms with Crippen LogP contribution >= 0.6 is 0 Å². The van der Waals surface area contributed by atoms with Crippen molar-refractivity contribution in [2.75, 3.05) is 18.4 Å². The normalized spacial score (nSPS) is 12.0. The molecule has 1 heterocycles. The average molecular weight is 291 g/mol. The van der Waals surface area contributed by atoms with E-state index in [4.69, 9.17) is 0 Å². The van der Waals surface area contributed by atoms with Crippen LogP contribution in [0.15, 0.2) is 18.3 Å². The molecule has 0 saturated carbocycles. The fourth-order valence-electron chi connectivity index (χ4n) is 2.19. The van der Waals surface area contributed by atoms with E-state index >= 15 is 0 Å². The molecule has 21 heavy (non-hydrogen) atoms. The summed E-state index contributed by atoms with van der Waals surface area (Å²) in [6.07, 6.45) is 5.83. The van der Waals surface area contributed by atoms with E-state index in [1.165, 1.54) is 0 Å². The molecule has 0 radical (unpaired) electrons. The Morgan fingerprint density at radius 3 is 2.71 bits per heavy atom. The molecular weight excluding hydrogens is 262 g/mol. The molecular formula is C17H29N3O. The monoisotopic (exact) mass is 291 g/mol. The summed E-state index contributed by atoms with van der Waals surface area (Å²) in [5, 5.41) is 3.25. The van der Waals surface area contributed by atoms with Crippen molar-refractivity contribution in [3.8, 4) is 0 Å². The van der Waals surface area contributed by atoms with Crippen LogP contribution < -0.4 is 5.32 Å². The molecule has 1 aromatic heterocycles. The molecule has 0 aliphatic heterocycles. The Bertz CT molecular complexity index is 434. The zero-order valence-corrected chi connectivity index (χ0v) is 13.9. The summed E-state index contributed by atoms with van der Waals surface area (Å²) in [6, 6.07) is 3.96. The number of hydrogen-bond donors (Lipinski definition) is 1. The third kappa shape index (κ3) is 5.03. The Balaban J connectivity index is 2.96.